The Morgan fingerprint density at radius 1 is 0.963 bits per heavy atom. The zero-order valence-corrected chi connectivity index (χ0v) is 16.3. The Morgan fingerprint density at radius 3 is 2.15 bits per heavy atom. The number of methoxy groups -OCH3 is 1. The van der Waals surface area contributed by atoms with Crippen molar-refractivity contribution in [3.63, 3.8) is 0 Å². The Morgan fingerprint density at radius 2 is 1.56 bits per heavy atom. The van der Waals surface area contributed by atoms with Crippen molar-refractivity contribution in [2.45, 2.75) is 20.8 Å². The number of carbonyl (C=O) groups excluding carboxylic acids is 3. The van der Waals surface area contributed by atoms with Crippen molar-refractivity contribution in [3.05, 3.63) is 58.6 Å². The van der Waals surface area contributed by atoms with Gasteiger partial charge in [-0.3, -0.25) is 9.59 Å². The highest BCUT2D eigenvalue weighted by atomic mass is 35.5. The molecule has 0 spiro atoms. The number of halogens is 1. The standard InChI is InChI=1S/C20H21ClN2O4/c1-12-5-8-14(21)11-16(12)23-19(26)20(2,3)18(25)22-15-9-6-13(7-10-15)17(24)27-4/h5-11H,1-4H3,(H,22,25)(H,23,26). The zero-order valence-electron chi connectivity index (χ0n) is 15.6. The predicted octanol–water partition coefficient (Wildman–Crippen LogP) is 4.04. The van der Waals surface area contributed by atoms with Gasteiger partial charge in [0.15, 0.2) is 0 Å². The number of benzene rings is 2. The van der Waals surface area contributed by atoms with Crippen molar-refractivity contribution in [1.82, 2.24) is 0 Å². The zero-order chi connectivity index (χ0) is 20.2. The van der Waals surface area contributed by atoms with Gasteiger partial charge in [0, 0.05) is 16.4 Å². The molecule has 2 N–H and O–H groups in total. The van der Waals surface area contributed by atoms with Crippen molar-refractivity contribution in [2.24, 2.45) is 5.41 Å². The first-order valence-electron chi connectivity index (χ1n) is 8.22. The summed E-state index contributed by atoms with van der Waals surface area (Å²) in [6, 6.07) is 11.3. The van der Waals surface area contributed by atoms with Crippen LogP contribution >= 0.6 is 11.6 Å². The van der Waals surface area contributed by atoms with E-state index < -0.39 is 23.2 Å². The molecule has 2 aromatic carbocycles. The van der Waals surface area contributed by atoms with Crippen LogP contribution in [0.25, 0.3) is 0 Å². The molecule has 0 aliphatic heterocycles. The molecular formula is C20H21ClN2O4. The van der Waals surface area contributed by atoms with Crippen LogP contribution < -0.4 is 10.6 Å². The van der Waals surface area contributed by atoms with Crippen molar-refractivity contribution in [3.8, 4) is 0 Å². The fourth-order valence-corrected chi connectivity index (χ4v) is 2.38. The van der Waals surface area contributed by atoms with Gasteiger partial charge in [-0.25, -0.2) is 4.79 Å². The van der Waals surface area contributed by atoms with E-state index in [1.807, 2.05) is 6.92 Å². The predicted molar refractivity (Wildman–Crippen MR) is 105 cm³/mol. The number of hydrogen-bond donors (Lipinski definition) is 2. The molecule has 0 unspecified atom stereocenters. The number of amides is 2. The van der Waals surface area contributed by atoms with Crippen LogP contribution in [0.2, 0.25) is 5.02 Å². The van der Waals surface area contributed by atoms with Crippen molar-refractivity contribution < 1.29 is 19.1 Å². The first-order chi connectivity index (χ1) is 12.6. The maximum Gasteiger partial charge on any atom is 0.337 e. The van der Waals surface area contributed by atoms with Crippen LogP contribution in [0.4, 0.5) is 11.4 Å². The maximum atomic E-state index is 12.6. The molecule has 2 rings (SSSR count). The number of esters is 1. The molecule has 142 valence electrons. The Bertz CT molecular complexity index is 876. The topological polar surface area (TPSA) is 84.5 Å². The second-order valence-corrected chi connectivity index (χ2v) is 7.00. The van der Waals surface area contributed by atoms with Crippen LogP contribution in [0.3, 0.4) is 0 Å². The molecule has 0 saturated heterocycles. The van der Waals surface area contributed by atoms with Crippen molar-refractivity contribution in [1.29, 1.82) is 0 Å². The molecule has 0 radical (unpaired) electrons. The Balaban J connectivity index is 2.10. The van der Waals surface area contributed by atoms with Gasteiger partial charge in [-0.1, -0.05) is 17.7 Å². The summed E-state index contributed by atoms with van der Waals surface area (Å²) in [7, 11) is 1.29. The summed E-state index contributed by atoms with van der Waals surface area (Å²) in [6.07, 6.45) is 0. The lowest BCUT2D eigenvalue weighted by molar-refractivity contribution is -0.135. The minimum Gasteiger partial charge on any atom is -0.465 e. The fourth-order valence-electron chi connectivity index (χ4n) is 2.21. The molecule has 27 heavy (non-hydrogen) atoms. The Kier molecular flexibility index (Phi) is 6.23. The van der Waals surface area contributed by atoms with E-state index >= 15 is 0 Å². The van der Waals surface area contributed by atoms with Gasteiger partial charge in [0.05, 0.1) is 12.7 Å². The SMILES string of the molecule is COC(=O)c1ccc(NC(=O)C(C)(C)C(=O)Nc2cc(Cl)ccc2C)cc1. The Labute approximate surface area is 162 Å². The molecule has 0 bridgehead atoms. The van der Waals surface area contributed by atoms with E-state index in [0.29, 0.717) is 22.0 Å². The fraction of sp³-hybridized carbons (Fsp3) is 0.250. The molecule has 6 nitrogen and oxygen atoms in total. The summed E-state index contributed by atoms with van der Waals surface area (Å²) >= 11 is 5.97. The number of anilines is 2. The van der Waals surface area contributed by atoms with Crippen LogP contribution in [0, 0.1) is 12.3 Å². The van der Waals surface area contributed by atoms with E-state index in [2.05, 4.69) is 15.4 Å². The number of aryl methyl sites for hydroxylation is 1. The van der Waals surface area contributed by atoms with Gasteiger partial charge in [0.1, 0.15) is 5.41 Å². The van der Waals surface area contributed by atoms with Crippen LogP contribution in [0.1, 0.15) is 29.8 Å². The summed E-state index contributed by atoms with van der Waals surface area (Å²) in [6.45, 7) is 4.89. The summed E-state index contributed by atoms with van der Waals surface area (Å²) in [5, 5.41) is 5.92. The lowest BCUT2D eigenvalue weighted by atomic mass is 9.90. The molecule has 0 aromatic heterocycles. The van der Waals surface area contributed by atoms with Gasteiger partial charge in [-0.15, -0.1) is 0 Å². The summed E-state index contributed by atoms with van der Waals surface area (Å²) in [5.41, 5.74) is 0.880. The largest absolute Gasteiger partial charge is 0.465 e. The average Bonchev–Trinajstić information content (AvgIpc) is 2.64. The number of nitrogens with one attached hydrogen (secondary N) is 2. The average molecular weight is 389 g/mol. The molecule has 2 amide bonds. The van der Waals surface area contributed by atoms with E-state index in [9.17, 15) is 14.4 Å². The van der Waals surface area contributed by atoms with E-state index in [-0.39, 0.29) is 0 Å². The number of rotatable bonds is 5. The molecule has 2 aromatic rings. The highest BCUT2D eigenvalue weighted by Gasteiger charge is 2.36. The van der Waals surface area contributed by atoms with Gasteiger partial charge >= 0.3 is 5.97 Å². The summed E-state index contributed by atoms with van der Waals surface area (Å²) in [5.74, 6) is -1.41. The second-order valence-electron chi connectivity index (χ2n) is 6.56. The molecule has 0 heterocycles. The monoisotopic (exact) mass is 388 g/mol. The lowest BCUT2D eigenvalue weighted by Crippen LogP contribution is -2.41. The van der Waals surface area contributed by atoms with E-state index in [1.54, 1.807) is 30.3 Å². The highest BCUT2D eigenvalue weighted by Crippen LogP contribution is 2.25. The van der Waals surface area contributed by atoms with Gasteiger partial charge < -0.3 is 15.4 Å². The summed E-state index contributed by atoms with van der Waals surface area (Å²) in [4.78, 5) is 36.7. The number of ether oxygens (including phenoxy) is 1. The summed E-state index contributed by atoms with van der Waals surface area (Å²) < 4.78 is 4.63. The molecule has 0 aliphatic carbocycles. The molecular weight excluding hydrogens is 368 g/mol. The quantitative estimate of drug-likeness (QED) is 0.598. The minimum atomic E-state index is -1.34. The van der Waals surface area contributed by atoms with Crippen molar-refractivity contribution in [2.75, 3.05) is 17.7 Å². The lowest BCUT2D eigenvalue weighted by Gasteiger charge is -2.23. The molecule has 0 aliphatic rings. The van der Waals surface area contributed by atoms with Gasteiger partial charge in [-0.05, 0) is 62.7 Å². The number of carbonyl (C=O) groups is 3. The third-order valence-corrected chi connectivity index (χ3v) is 4.38. The third-order valence-electron chi connectivity index (χ3n) is 4.15. The molecule has 0 fully saturated rings. The minimum absolute atomic E-state index is 0.365. The first-order valence-corrected chi connectivity index (χ1v) is 8.60. The van der Waals surface area contributed by atoms with E-state index in [4.69, 9.17) is 11.6 Å². The van der Waals surface area contributed by atoms with Crippen molar-refractivity contribution >= 4 is 40.8 Å². The molecule has 7 heteroatoms. The third kappa shape index (κ3) is 4.86. The molecule has 0 saturated carbocycles. The first kappa shape index (κ1) is 20.5. The van der Waals surface area contributed by atoms with Crippen LogP contribution in [0.5, 0.6) is 0 Å². The smallest absolute Gasteiger partial charge is 0.337 e. The van der Waals surface area contributed by atoms with Gasteiger partial charge in [0.2, 0.25) is 11.8 Å². The van der Waals surface area contributed by atoms with E-state index in [0.717, 1.165) is 5.56 Å². The van der Waals surface area contributed by atoms with Crippen LogP contribution in [-0.2, 0) is 14.3 Å². The second kappa shape index (κ2) is 8.22. The van der Waals surface area contributed by atoms with Crippen LogP contribution in [-0.4, -0.2) is 24.9 Å². The Hall–Kier alpha value is -2.86. The van der Waals surface area contributed by atoms with Gasteiger partial charge in [0.25, 0.3) is 0 Å². The van der Waals surface area contributed by atoms with Gasteiger partial charge in [-0.2, -0.15) is 0 Å². The normalized spacial score (nSPS) is 10.9. The van der Waals surface area contributed by atoms with E-state index in [1.165, 1.54) is 33.1 Å². The number of hydrogen-bond acceptors (Lipinski definition) is 4. The maximum absolute atomic E-state index is 12.6. The highest BCUT2D eigenvalue weighted by molar-refractivity contribution is 6.31. The molecule has 0 atom stereocenters. The van der Waals surface area contributed by atoms with Crippen LogP contribution in [0.15, 0.2) is 42.5 Å².